The van der Waals surface area contributed by atoms with Gasteiger partial charge in [0.2, 0.25) is 0 Å². The van der Waals surface area contributed by atoms with Crippen molar-refractivity contribution in [1.29, 1.82) is 0 Å². The maximum atomic E-state index is 12.8. The van der Waals surface area contributed by atoms with Crippen LogP contribution in [0.5, 0.6) is 0 Å². The smallest absolute Gasteiger partial charge is 0.382 e. The molecule has 0 amide bonds. The summed E-state index contributed by atoms with van der Waals surface area (Å²) in [6.07, 6.45) is -4.38. The van der Waals surface area contributed by atoms with Gasteiger partial charge in [-0.1, -0.05) is 72.8 Å². The number of benzene rings is 3. The molecule has 0 bridgehead atoms. The lowest BCUT2D eigenvalue weighted by Gasteiger charge is -2.50. The summed E-state index contributed by atoms with van der Waals surface area (Å²) >= 11 is 0. The van der Waals surface area contributed by atoms with Crippen molar-refractivity contribution in [2.75, 3.05) is 13.1 Å². The van der Waals surface area contributed by atoms with Crippen molar-refractivity contribution in [2.24, 2.45) is 0 Å². The highest BCUT2D eigenvalue weighted by Crippen LogP contribution is 2.41. The second-order valence-corrected chi connectivity index (χ2v) is 7.24. The summed E-state index contributed by atoms with van der Waals surface area (Å²) in [4.78, 5) is 2.14. The normalized spacial score (nSPS) is 16.8. The van der Waals surface area contributed by atoms with Crippen molar-refractivity contribution < 1.29 is 18.3 Å². The standard InChI is InChI=1S/C23H20F3NO/c24-23(25,26)20-13-11-19(12-14-20)22(28)15-27(16-22)21(17-7-3-1-4-8-17)18-9-5-2-6-10-18/h1-14,21,28H,15-16H2. The van der Waals surface area contributed by atoms with E-state index >= 15 is 0 Å². The van der Waals surface area contributed by atoms with Crippen molar-refractivity contribution in [3.8, 4) is 0 Å². The fourth-order valence-corrected chi connectivity index (χ4v) is 3.84. The first kappa shape index (κ1) is 18.7. The fraction of sp³-hybridized carbons (Fsp3) is 0.217. The van der Waals surface area contributed by atoms with Crippen LogP contribution in [-0.2, 0) is 11.8 Å². The van der Waals surface area contributed by atoms with E-state index in [9.17, 15) is 18.3 Å². The Kier molecular flexibility index (Phi) is 4.73. The van der Waals surface area contributed by atoms with Gasteiger partial charge in [-0.3, -0.25) is 4.90 Å². The molecule has 28 heavy (non-hydrogen) atoms. The number of rotatable bonds is 4. The average Bonchev–Trinajstić information content (AvgIpc) is 2.68. The molecule has 1 saturated heterocycles. The van der Waals surface area contributed by atoms with Gasteiger partial charge in [-0.25, -0.2) is 0 Å². The fourth-order valence-electron chi connectivity index (χ4n) is 3.84. The molecule has 0 aliphatic carbocycles. The predicted molar refractivity (Wildman–Crippen MR) is 102 cm³/mol. The van der Waals surface area contributed by atoms with Gasteiger partial charge in [-0.05, 0) is 28.8 Å². The molecule has 0 saturated carbocycles. The minimum atomic E-state index is -4.38. The highest BCUT2D eigenvalue weighted by atomic mass is 19.4. The third-order valence-electron chi connectivity index (χ3n) is 5.27. The summed E-state index contributed by atoms with van der Waals surface area (Å²) in [6.45, 7) is 0.708. The van der Waals surface area contributed by atoms with Crippen LogP contribution in [0.2, 0.25) is 0 Å². The SMILES string of the molecule is OC1(c2ccc(C(F)(F)F)cc2)CN(C(c2ccccc2)c2ccccc2)C1. The van der Waals surface area contributed by atoms with Gasteiger partial charge in [0.15, 0.2) is 0 Å². The number of alkyl halides is 3. The number of nitrogens with zero attached hydrogens (tertiary/aromatic N) is 1. The molecule has 0 atom stereocenters. The van der Waals surface area contributed by atoms with Gasteiger partial charge in [-0.2, -0.15) is 13.2 Å². The molecule has 0 radical (unpaired) electrons. The zero-order valence-corrected chi connectivity index (χ0v) is 15.1. The summed E-state index contributed by atoms with van der Waals surface area (Å²) in [5.41, 5.74) is 0.886. The largest absolute Gasteiger partial charge is 0.416 e. The molecule has 0 spiro atoms. The highest BCUT2D eigenvalue weighted by molar-refractivity contribution is 5.36. The third kappa shape index (κ3) is 3.55. The van der Waals surface area contributed by atoms with E-state index in [0.717, 1.165) is 23.3 Å². The molecule has 3 aromatic carbocycles. The van der Waals surface area contributed by atoms with E-state index in [2.05, 4.69) is 4.90 Å². The monoisotopic (exact) mass is 383 g/mol. The van der Waals surface area contributed by atoms with Crippen LogP contribution >= 0.6 is 0 Å². The Balaban J connectivity index is 1.57. The van der Waals surface area contributed by atoms with Gasteiger partial charge >= 0.3 is 6.18 Å². The van der Waals surface area contributed by atoms with Crippen molar-refractivity contribution >= 4 is 0 Å². The molecule has 3 aromatic rings. The van der Waals surface area contributed by atoms with Crippen LogP contribution in [0.15, 0.2) is 84.9 Å². The number of halogens is 3. The molecule has 1 heterocycles. The van der Waals surface area contributed by atoms with Crippen molar-refractivity contribution in [3.63, 3.8) is 0 Å². The van der Waals surface area contributed by atoms with Crippen LogP contribution in [0.4, 0.5) is 13.2 Å². The molecule has 1 aliphatic heterocycles. The van der Waals surface area contributed by atoms with Crippen molar-refractivity contribution in [1.82, 2.24) is 4.90 Å². The van der Waals surface area contributed by atoms with E-state index in [4.69, 9.17) is 0 Å². The first-order valence-electron chi connectivity index (χ1n) is 9.11. The van der Waals surface area contributed by atoms with E-state index in [0.29, 0.717) is 18.7 Å². The number of hydrogen-bond donors (Lipinski definition) is 1. The van der Waals surface area contributed by atoms with Crippen LogP contribution < -0.4 is 0 Å². The van der Waals surface area contributed by atoms with Crippen LogP contribution in [0.1, 0.15) is 28.3 Å². The number of β-amino-alcohol motifs (C(OH)–C–C–N with tert-alkyl or cyclic N) is 1. The first-order chi connectivity index (χ1) is 13.4. The maximum absolute atomic E-state index is 12.8. The van der Waals surface area contributed by atoms with Crippen molar-refractivity contribution in [3.05, 3.63) is 107 Å². The van der Waals surface area contributed by atoms with Gasteiger partial charge in [-0.15, -0.1) is 0 Å². The average molecular weight is 383 g/mol. The molecule has 5 heteroatoms. The zero-order valence-electron chi connectivity index (χ0n) is 15.1. The summed E-state index contributed by atoms with van der Waals surface area (Å²) in [5, 5.41) is 11.0. The number of hydrogen-bond acceptors (Lipinski definition) is 2. The molecule has 2 nitrogen and oxygen atoms in total. The summed E-state index contributed by atoms with van der Waals surface area (Å²) < 4.78 is 38.4. The van der Waals surface area contributed by atoms with Crippen LogP contribution in [-0.4, -0.2) is 23.1 Å². The Bertz CT molecular complexity index is 878. The third-order valence-corrected chi connectivity index (χ3v) is 5.27. The minimum Gasteiger partial charge on any atom is -0.382 e. The first-order valence-corrected chi connectivity index (χ1v) is 9.11. The Morgan fingerprint density at radius 3 is 1.64 bits per heavy atom. The van der Waals surface area contributed by atoms with E-state index in [1.807, 2.05) is 60.7 Å². The highest BCUT2D eigenvalue weighted by Gasteiger charge is 2.46. The van der Waals surface area contributed by atoms with Gasteiger partial charge in [0.25, 0.3) is 0 Å². The Morgan fingerprint density at radius 1 is 0.750 bits per heavy atom. The van der Waals surface area contributed by atoms with Gasteiger partial charge < -0.3 is 5.11 Å². The maximum Gasteiger partial charge on any atom is 0.416 e. The van der Waals surface area contributed by atoms with Crippen molar-refractivity contribution in [2.45, 2.75) is 17.8 Å². The van der Waals surface area contributed by atoms with Crippen LogP contribution in [0.25, 0.3) is 0 Å². The zero-order chi connectivity index (χ0) is 19.8. The summed E-state index contributed by atoms with van der Waals surface area (Å²) in [5.74, 6) is 0. The van der Waals surface area contributed by atoms with Crippen LogP contribution in [0.3, 0.4) is 0 Å². The molecule has 1 N–H and O–H groups in total. The van der Waals surface area contributed by atoms with Gasteiger partial charge in [0.05, 0.1) is 11.6 Å². The lowest BCUT2D eigenvalue weighted by molar-refractivity contribution is -0.138. The number of likely N-dealkylation sites (tertiary alicyclic amines) is 1. The Morgan fingerprint density at radius 2 is 1.21 bits per heavy atom. The molecule has 1 aliphatic rings. The topological polar surface area (TPSA) is 23.5 Å². The summed E-state index contributed by atoms with van der Waals surface area (Å²) in [6, 6.07) is 24.8. The quantitative estimate of drug-likeness (QED) is 0.686. The number of aliphatic hydroxyl groups is 1. The Labute approximate surface area is 161 Å². The van der Waals surface area contributed by atoms with E-state index in [1.54, 1.807) is 0 Å². The lowest BCUT2D eigenvalue weighted by Crippen LogP contribution is -2.60. The van der Waals surface area contributed by atoms with Crippen LogP contribution in [0, 0.1) is 0 Å². The molecular weight excluding hydrogens is 363 g/mol. The lowest BCUT2D eigenvalue weighted by atomic mass is 9.82. The second kappa shape index (κ2) is 7.08. The van der Waals surface area contributed by atoms with Gasteiger partial charge in [0.1, 0.15) is 5.60 Å². The molecule has 1 fully saturated rings. The molecule has 0 unspecified atom stereocenters. The van der Waals surface area contributed by atoms with E-state index in [-0.39, 0.29) is 6.04 Å². The van der Waals surface area contributed by atoms with Gasteiger partial charge in [0, 0.05) is 13.1 Å². The van der Waals surface area contributed by atoms with E-state index in [1.165, 1.54) is 12.1 Å². The van der Waals surface area contributed by atoms with E-state index < -0.39 is 17.3 Å². The predicted octanol–water partition coefficient (Wildman–Crippen LogP) is 5.00. The molecule has 144 valence electrons. The minimum absolute atomic E-state index is 0.0166. The summed E-state index contributed by atoms with van der Waals surface area (Å²) in [7, 11) is 0. The second-order valence-electron chi connectivity index (χ2n) is 7.24. The molecule has 0 aromatic heterocycles. The molecular formula is C23H20F3NO. The Hall–Kier alpha value is -2.63. The molecule has 4 rings (SSSR count).